The summed E-state index contributed by atoms with van der Waals surface area (Å²) in [6.45, 7) is 5.87. The van der Waals surface area contributed by atoms with Crippen LogP contribution in [0.2, 0.25) is 0 Å². The summed E-state index contributed by atoms with van der Waals surface area (Å²) in [7, 11) is 0. The molecule has 0 unspecified atom stereocenters. The van der Waals surface area contributed by atoms with Gasteiger partial charge in [0.05, 0.1) is 10.6 Å². The molecule has 148 valence electrons. The summed E-state index contributed by atoms with van der Waals surface area (Å²) >= 11 is 0. The van der Waals surface area contributed by atoms with Crippen LogP contribution in [-0.2, 0) is 4.74 Å². The number of alkyl carbamates (subject to hydrolysis) is 1. The molecule has 0 aliphatic rings. The second-order valence-corrected chi connectivity index (χ2v) is 7.12. The van der Waals surface area contributed by atoms with E-state index in [2.05, 4.69) is 10.3 Å². The predicted octanol–water partition coefficient (Wildman–Crippen LogP) is 4.17. The molecule has 8 heteroatoms. The Bertz CT molecular complexity index is 888. The molecule has 0 atom stereocenters. The van der Waals surface area contributed by atoms with Crippen molar-refractivity contribution in [3.8, 4) is 11.1 Å². The van der Waals surface area contributed by atoms with Crippen LogP contribution < -0.4 is 11.1 Å². The lowest BCUT2D eigenvalue weighted by atomic mass is 10.0. The SMILES string of the molecule is CC(C)(C)OC(=O)NCCC=Cc1cc(-c2ccc([N+](=O)[O-])cc2N)ccn1. The van der Waals surface area contributed by atoms with Gasteiger partial charge in [-0.1, -0.05) is 6.08 Å². The van der Waals surface area contributed by atoms with E-state index in [4.69, 9.17) is 10.5 Å². The molecule has 0 bridgehead atoms. The number of benzene rings is 1. The summed E-state index contributed by atoms with van der Waals surface area (Å²) in [5, 5.41) is 13.5. The van der Waals surface area contributed by atoms with Crippen molar-refractivity contribution in [2.75, 3.05) is 12.3 Å². The number of amides is 1. The Morgan fingerprint density at radius 1 is 1.32 bits per heavy atom. The van der Waals surface area contributed by atoms with Gasteiger partial charge in [-0.05, 0) is 57.0 Å². The van der Waals surface area contributed by atoms with Crippen LogP contribution in [-0.4, -0.2) is 28.1 Å². The molecule has 2 aromatic rings. The van der Waals surface area contributed by atoms with Crippen molar-refractivity contribution in [1.29, 1.82) is 0 Å². The molecule has 0 fully saturated rings. The number of nitrogens with two attached hydrogens (primary N) is 1. The van der Waals surface area contributed by atoms with Crippen molar-refractivity contribution in [1.82, 2.24) is 10.3 Å². The van der Waals surface area contributed by atoms with Gasteiger partial charge < -0.3 is 15.8 Å². The lowest BCUT2D eigenvalue weighted by Crippen LogP contribution is -2.32. The fourth-order valence-corrected chi connectivity index (χ4v) is 2.41. The minimum Gasteiger partial charge on any atom is -0.444 e. The van der Waals surface area contributed by atoms with Crippen molar-refractivity contribution >= 4 is 23.5 Å². The molecule has 1 aromatic heterocycles. The van der Waals surface area contributed by atoms with E-state index in [-0.39, 0.29) is 5.69 Å². The Hall–Kier alpha value is -3.42. The first-order valence-corrected chi connectivity index (χ1v) is 8.79. The first-order chi connectivity index (χ1) is 13.2. The third-order valence-electron chi connectivity index (χ3n) is 3.61. The lowest BCUT2D eigenvalue weighted by Gasteiger charge is -2.19. The third kappa shape index (κ3) is 6.39. The van der Waals surface area contributed by atoms with Crippen LogP contribution in [0, 0.1) is 10.1 Å². The molecule has 8 nitrogen and oxygen atoms in total. The number of nitrogen functional groups attached to an aromatic ring is 1. The topological polar surface area (TPSA) is 120 Å². The Morgan fingerprint density at radius 2 is 2.07 bits per heavy atom. The third-order valence-corrected chi connectivity index (χ3v) is 3.61. The number of carbonyl (C=O) groups is 1. The first kappa shape index (κ1) is 20.9. The molecule has 0 saturated heterocycles. The number of nitro benzene ring substituents is 1. The molecule has 0 saturated carbocycles. The fraction of sp³-hybridized carbons (Fsp3) is 0.300. The normalized spacial score (nSPS) is 11.4. The number of anilines is 1. The van der Waals surface area contributed by atoms with Gasteiger partial charge in [0.1, 0.15) is 5.60 Å². The molecule has 0 aliphatic heterocycles. The summed E-state index contributed by atoms with van der Waals surface area (Å²) in [5.74, 6) is 0. The van der Waals surface area contributed by atoms with Gasteiger partial charge in [-0.15, -0.1) is 0 Å². The van der Waals surface area contributed by atoms with Gasteiger partial charge in [-0.3, -0.25) is 15.1 Å². The predicted molar refractivity (Wildman–Crippen MR) is 109 cm³/mol. The van der Waals surface area contributed by atoms with Crippen molar-refractivity contribution < 1.29 is 14.5 Å². The van der Waals surface area contributed by atoms with Crippen LogP contribution in [0.5, 0.6) is 0 Å². The van der Waals surface area contributed by atoms with E-state index in [1.165, 1.54) is 12.1 Å². The molecule has 1 amide bonds. The van der Waals surface area contributed by atoms with Crippen LogP contribution in [0.15, 0.2) is 42.6 Å². The van der Waals surface area contributed by atoms with Crippen LogP contribution >= 0.6 is 0 Å². The van der Waals surface area contributed by atoms with Gasteiger partial charge in [0.25, 0.3) is 5.69 Å². The number of non-ortho nitro benzene ring substituents is 1. The zero-order valence-corrected chi connectivity index (χ0v) is 16.1. The molecule has 1 aromatic carbocycles. The Labute approximate surface area is 163 Å². The van der Waals surface area contributed by atoms with E-state index in [1.807, 2.05) is 39.0 Å². The van der Waals surface area contributed by atoms with Crippen LogP contribution in [0.25, 0.3) is 17.2 Å². The van der Waals surface area contributed by atoms with Crippen LogP contribution in [0.1, 0.15) is 32.9 Å². The second kappa shape index (κ2) is 8.98. The number of ether oxygens (including phenoxy) is 1. The highest BCUT2D eigenvalue weighted by Crippen LogP contribution is 2.29. The molecular formula is C20H24N4O4. The maximum atomic E-state index is 11.6. The minimum absolute atomic E-state index is 0.0482. The second-order valence-electron chi connectivity index (χ2n) is 7.12. The minimum atomic E-state index is -0.524. The van der Waals surface area contributed by atoms with Crippen LogP contribution in [0.4, 0.5) is 16.2 Å². The molecule has 3 N–H and O–H groups in total. The molecule has 1 heterocycles. The van der Waals surface area contributed by atoms with Gasteiger partial charge in [-0.25, -0.2) is 4.79 Å². The number of hydrogen-bond donors (Lipinski definition) is 2. The van der Waals surface area contributed by atoms with E-state index in [1.54, 1.807) is 18.3 Å². The number of aromatic nitrogens is 1. The first-order valence-electron chi connectivity index (χ1n) is 8.79. The van der Waals surface area contributed by atoms with Gasteiger partial charge >= 0.3 is 6.09 Å². The number of carbonyl (C=O) groups excluding carboxylic acids is 1. The smallest absolute Gasteiger partial charge is 0.407 e. The lowest BCUT2D eigenvalue weighted by molar-refractivity contribution is -0.384. The van der Waals surface area contributed by atoms with Crippen molar-refractivity contribution in [2.45, 2.75) is 32.8 Å². The van der Waals surface area contributed by atoms with E-state index in [9.17, 15) is 14.9 Å². The Morgan fingerprint density at radius 3 is 2.71 bits per heavy atom. The van der Waals surface area contributed by atoms with Gasteiger partial charge in [0.15, 0.2) is 0 Å². The summed E-state index contributed by atoms with van der Waals surface area (Å²) in [4.78, 5) is 26.2. The molecular weight excluding hydrogens is 360 g/mol. The largest absolute Gasteiger partial charge is 0.444 e. The average molecular weight is 384 g/mol. The monoisotopic (exact) mass is 384 g/mol. The summed E-state index contributed by atoms with van der Waals surface area (Å²) < 4.78 is 5.16. The summed E-state index contributed by atoms with van der Waals surface area (Å²) in [5.41, 5.74) is 7.95. The van der Waals surface area contributed by atoms with Gasteiger partial charge in [0.2, 0.25) is 0 Å². The van der Waals surface area contributed by atoms with E-state index >= 15 is 0 Å². The Balaban J connectivity index is 1.97. The van der Waals surface area contributed by atoms with Crippen LogP contribution in [0.3, 0.4) is 0 Å². The number of pyridine rings is 1. The standard InChI is InChI=1S/C20H24N4O4/c1-20(2,3)28-19(25)23-10-5-4-6-15-12-14(9-11-22-15)17-8-7-16(24(26)27)13-18(17)21/h4,6-9,11-13H,5,10,21H2,1-3H3,(H,23,25). The van der Waals surface area contributed by atoms with E-state index < -0.39 is 16.6 Å². The molecule has 0 radical (unpaired) electrons. The number of nitrogens with one attached hydrogen (secondary N) is 1. The zero-order valence-electron chi connectivity index (χ0n) is 16.1. The quantitative estimate of drug-likeness (QED) is 0.334. The van der Waals surface area contributed by atoms with Crippen molar-refractivity contribution in [2.24, 2.45) is 0 Å². The van der Waals surface area contributed by atoms with Crippen molar-refractivity contribution in [3.63, 3.8) is 0 Å². The number of rotatable bonds is 6. The number of hydrogen-bond acceptors (Lipinski definition) is 6. The molecule has 0 spiro atoms. The maximum Gasteiger partial charge on any atom is 0.407 e. The highest BCUT2D eigenvalue weighted by Gasteiger charge is 2.15. The highest BCUT2D eigenvalue weighted by molar-refractivity contribution is 5.78. The molecule has 0 aliphatic carbocycles. The van der Waals surface area contributed by atoms with Gasteiger partial charge in [0, 0.05) is 36.1 Å². The molecule has 2 rings (SSSR count). The van der Waals surface area contributed by atoms with Crippen molar-refractivity contribution in [3.05, 3.63) is 58.4 Å². The fourth-order valence-electron chi connectivity index (χ4n) is 2.41. The average Bonchev–Trinajstić information content (AvgIpc) is 2.60. The maximum absolute atomic E-state index is 11.6. The van der Waals surface area contributed by atoms with E-state index in [0.29, 0.717) is 29.9 Å². The molecule has 28 heavy (non-hydrogen) atoms. The zero-order chi connectivity index (χ0) is 20.7. The summed E-state index contributed by atoms with van der Waals surface area (Å²) in [6.07, 6.45) is 5.54. The van der Waals surface area contributed by atoms with E-state index in [0.717, 1.165) is 5.56 Å². The number of nitrogens with zero attached hydrogens (tertiary/aromatic N) is 2. The Kier molecular flexibility index (Phi) is 6.70. The summed E-state index contributed by atoms with van der Waals surface area (Å²) in [6, 6.07) is 8.02. The highest BCUT2D eigenvalue weighted by atomic mass is 16.6. The number of nitro groups is 1. The van der Waals surface area contributed by atoms with Gasteiger partial charge in [-0.2, -0.15) is 0 Å².